The summed E-state index contributed by atoms with van der Waals surface area (Å²) in [6, 6.07) is 10.00. The molecule has 1 aliphatic rings. The van der Waals surface area contributed by atoms with Gasteiger partial charge in [0.1, 0.15) is 11.6 Å². The molecule has 0 unspecified atom stereocenters. The predicted molar refractivity (Wildman–Crippen MR) is 103 cm³/mol. The van der Waals surface area contributed by atoms with Gasteiger partial charge in [0.25, 0.3) is 0 Å². The first-order valence-corrected chi connectivity index (χ1v) is 9.25. The highest BCUT2D eigenvalue weighted by molar-refractivity contribution is 5.63. The van der Waals surface area contributed by atoms with Gasteiger partial charge in [-0.05, 0) is 45.7 Å². The molecule has 3 rings (SSSR count). The van der Waals surface area contributed by atoms with Crippen molar-refractivity contribution < 1.29 is 4.74 Å². The molecule has 1 aromatic heterocycles. The van der Waals surface area contributed by atoms with Crippen LogP contribution < -0.4 is 15.0 Å². The van der Waals surface area contributed by atoms with Crippen molar-refractivity contribution in [1.29, 1.82) is 0 Å². The fourth-order valence-electron chi connectivity index (χ4n) is 3.12. The van der Waals surface area contributed by atoms with E-state index < -0.39 is 0 Å². The number of aromatic nitrogens is 2. The van der Waals surface area contributed by atoms with Gasteiger partial charge in [0.05, 0.1) is 11.8 Å². The van der Waals surface area contributed by atoms with Crippen molar-refractivity contribution in [1.82, 2.24) is 9.97 Å². The van der Waals surface area contributed by atoms with Gasteiger partial charge in [0.15, 0.2) is 0 Å². The Kier molecular flexibility index (Phi) is 5.74. The second-order valence-electron chi connectivity index (χ2n) is 6.88. The molecular weight excluding hydrogens is 312 g/mol. The number of hydrogen-bond acceptors (Lipinski definition) is 5. The van der Waals surface area contributed by atoms with Crippen molar-refractivity contribution in [2.75, 3.05) is 23.3 Å². The minimum Gasteiger partial charge on any atom is -0.489 e. The maximum absolute atomic E-state index is 5.88. The Hall–Kier alpha value is -2.30. The number of aryl methyl sites for hydroxylation is 1. The molecule has 0 amide bonds. The molecule has 2 heterocycles. The smallest absolute Gasteiger partial charge is 0.229 e. The molecule has 1 aliphatic heterocycles. The molecule has 1 aromatic carbocycles. The Morgan fingerprint density at radius 1 is 1.04 bits per heavy atom. The molecular formula is C20H28N4O. The van der Waals surface area contributed by atoms with Crippen molar-refractivity contribution in [3.05, 3.63) is 36.0 Å². The second-order valence-corrected chi connectivity index (χ2v) is 6.88. The third kappa shape index (κ3) is 4.84. The summed E-state index contributed by atoms with van der Waals surface area (Å²) in [6.45, 7) is 8.21. The zero-order chi connectivity index (χ0) is 17.6. The Labute approximate surface area is 150 Å². The third-order valence-electron chi connectivity index (χ3n) is 4.27. The fourth-order valence-corrected chi connectivity index (χ4v) is 3.12. The topological polar surface area (TPSA) is 50.3 Å². The molecule has 1 N–H and O–H groups in total. The standard InChI is InChI=1S/C20H28N4O/c1-15(2)25-18-11-7-6-10-17(18)22-20-21-16(3)14-19(23-20)24-12-8-4-5-9-13-24/h6-7,10-11,14-15H,4-5,8-9,12-13H2,1-3H3,(H,21,22,23). The van der Waals surface area contributed by atoms with Crippen molar-refractivity contribution in [2.45, 2.75) is 52.6 Å². The summed E-state index contributed by atoms with van der Waals surface area (Å²) in [4.78, 5) is 11.7. The highest BCUT2D eigenvalue weighted by Crippen LogP contribution is 2.28. The van der Waals surface area contributed by atoms with Gasteiger partial charge in [0.2, 0.25) is 5.95 Å². The van der Waals surface area contributed by atoms with E-state index in [4.69, 9.17) is 9.72 Å². The van der Waals surface area contributed by atoms with E-state index in [1.54, 1.807) is 0 Å². The number of rotatable bonds is 5. The zero-order valence-corrected chi connectivity index (χ0v) is 15.5. The van der Waals surface area contributed by atoms with Crippen molar-refractivity contribution in [3.8, 4) is 5.75 Å². The van der Waals surface area contributed by atoms with E-state index in [2.05, 4.69) is 21.3 Å². The van der Waals surface area contributed by atoms with E-state index in [1.807, 2.05) is 45.0 Å². The van der Waals surface area contributed by atoms with E-state index in [0.29, 0.717) is 5.95 Å². The molecule has 5 nitrogen and oxygen atoms in total. The van der Waals surface area contributed by atoms with Gasteiger partial charge >= 0.3 is 0 Å². The summed E-state index contributed by atoms with van der Waals surface area (Å²) in [5, 5.41) is 3.34. The van der Waals surface area contributed by atoms with Crippen LogP contribution in [0.2, 0.25) is 0 Å². The molecule has 0 atom stereocenters. The van der Waals surface area contributed by atoms with Crippen LogP contribution in [-0.2, 0) is 0 Å². The molecule has 25 heavy (non-hydrogen) atoms. The third-order valence-corrected chi connectivity index (χ3v) is 4.27. The number of nitrogens with one attached hydrogen (secondary N) is 1. The van der Waals surface area contributed by atoms with E-state index in [1.165, 1.54) is 25.7 Å². The van der Waals surface area contributed by atoms with Gasteiger partial charge in [-0.15, -0.1) is 0 Å². The first-order valence-electron chi connectivity index (χ1n) is 9.25. The SMILES string of the molecule is Cc1cc(N2CCCCCC2)nc(Nc2ccccc2OC(C)C)n1. The number of benzene rings is 1. The van der Waals surface area contributed by atoms with Crippen LogP contribution in [0.15, 0.2) is 30.3 Å². The highest BCUT2D eigenvalue weighted by atomic mass is 16.5. The molecule has 2 aromatic rings. The largest absolute Gasteiger partial charge is 0.489 e. The quantitative estimate of drug-likeness (QED) is 0.855. The summed E-state index contributed by atoms with van der Waals surface area (Å²) >= 11 is 0. The van der Waals surface area contributed by atoms with Crippen LogP contribution in [0.5, 0.6) is 5.75 Å². The Morgan fingerprint density at radius 2 is 1.76 bits per heavy atom. The van der Waals surface area contributed by atoms with Crippen molar-refractivity contribution in [2.24, 2.45) is 0 Å². The van der Waals surface area contributed by atoms with Crippen LogP contribution in [0.4, 0.5) is 17.5 Å². The van der Waals surface area contributed by atoms with E-state index in [0.717, 1.165) is 36.0 Å². The molecule has 0 aliphatic carbocycles. The van der Waals surface area contributed by atoms with Crippen LogP contribution in [0.1, 0.15) is 45.2 Å². The molecule has 0 radical (unpaired) electrons. The monoisotopic (exact) mass is 340 g/mol. The first kappa shape index (κ1) is 17.5. The summed E-state index contributed by atoms with van der Waals surface area (Å²) in [5.41, 5.74) is 1.86. The van der Waals surface area contributed by atoms with Crippen molar-refractivity contribution in [3.63, 3.8) is 0 Å². The molecule has 134 valence electrons. The second kappa shape index (κ2) is 8.19. The van der Waals surface area contributed by atoms with Gasteiger partial charge < -0.3 is 15.0 Å². The average molecular weight is 340 g/mol. The van der Waals surface area contributed by atoms with Gasteiger partial charge in [-0.3, -0.25) is 0 Å². The van der Waals surface area contributed by atoms with Crippen molar-refractivity contribution >= 4 is 17.5 Å². The normalized spacial score (nSPS) is 15.1. The lowest BCUT2D eigenvalue weighted by atomic mass is 10.2. The number of nitrogens with zero attached hydrogens (tertiary/aromatic N) is 3. The van der Waals surface area contributed by atoms with Gasteiger partial charge in [-0.2, -0.15) is 4.98 Å². The summed E-state index contributed by atoms with van der Waals surface area (Å²) in [5.74, 6) is 2.46. The predicted octanol–water partition coefficient (Wildman–Crippen LogP) is 4.70. The summed E-state index contributed by atoms with van der Waals surface area (Å²) < 4.78 is 5.88. The minimum atomic E-state index is 0.119. The summed E-state index contributed by atoms with van der Waals surface area (Å²) in [6.07, 6.45) is 5.21. The minimum absolute atomic E-state index is 0.119. The van der Waals surface area contributed by atoms with Crippen LogP contribution in [0, 0.1) is 6.92 Å². The van der Waals surface area contributed by atoms with Crippen LogP contribution in [-0.4, -0.2) is 29.2 Å². The molecule has 0 spiro atoms. The number of hydrogen-bond donors (Lipinski definition) is 1. The van der Waals surface area contributed by atoms with Crippen LogP contribution >= 0.6 is 0 Å². The van der Waals surface area contributed by atoms with Gasteiger partial charge in [0, 0.05) is 24.8 Å². The fraction of sp³-hybridized carbons (Fsp3) is 0.500. The lowest BCUT2D eigenvalue weighted by Gasteiger charge is -2.22. The summed E-state index contributed by atoms with van der Waals surface area (Å²) in [7, 11) is 0. The van der Waals surface area contributed by atoms with E-state index in [9.17, 15) is 0 Å². The molecule has 1 fully saturated rings. The maximum atomic E-state index is 5.88. The molecule has 5 heteroatoms. The Balaban J connectivity index is 1.83. The van der Waals surface area contributed by atoms with Crippen LogP contribution in [0.25, 0.3) is 0 Å². The Bertz CT molecular complexity index is 694. The molecule has 0 saturated carbocycles. The average Bonchev–Trinajstić information content (AvgIpc) is 2.85. The maximum Gasteiger partial charge on any atom is 0.229 e. The van der Waals surface area contributed by atoms with Gasteiger partial charge in [-0.1, -0.05) is 25.0 Å². The van der Waals surface area contributed by atoms with E-state index in [-0.39, 0.29) is 6.10 Å². The van der Waals surface area contributed by atoms with Crippen LogP contribution in [0.3, 0.4) is 0 Å². The zero-order valence-electron chi connectivity index (χ0n) is 15.5. The lowest BCUT2D eigenvalue weighted by Crippen LogP contribution is -2.25. The number of para-hydroxylation sites is 2. The first-order chi connectivity index (χ1) is 12.1. The number of ether oxygens (including phenoxy) is 1. The lowest BCUT2D eigenvalue weighted by molar-refractivity contribution is 0.244. The molecule has 1 saturated heterocycles. The Morgan fingerprint density at radius 3 is 2.48 bits per heavy atom. The number of anilines is 3. The highest BCUT2D eigenvalue weighted by Gasteiger charge is 2.14. The van der Waals surface area contributed by atoms with Gasteiger partial charge in [-0.25, -0.2) is 4.98 Å². The molecule has 0 bridgehead atoms. The van der Waals surface area contributed by atoms with E-state index >= 15 is 0 Å².